The van der Waals surface area contributed by atoms with Crippen LogP contribution in [-0.4, -0.2) is 30.7 Å². The Labute approximate surface area is 125 Å². The molecule has 0 atom stereocenters. The fourth-order valence-corrected chi connectivity index (χ4v) is 1.92. The Hall–Kier alpha value is -2.17. The standard InChI is InChI=1S/C16H22N2O3/c1-12-6-3-4-7-14(12)15(20)8-9-16(21)18-11-5-10-17-13(2)19/h3-4,6-7H,5,8-11H2,1-2H3,(H,17,19)(H,18,21). The highest BCUT2D eigenvalue weighted by Crippen LogP contribution is 2.10. The second-order valence-corrected chi connectivity index (χ2v) is 4.92. The molecule has 0 saturated carbocycles. The van der Waals surface area contributed by atoms with Gasteiger partial charge in [0.05, 0.1) is 0 Å². The van der Waals surface area contributed by atoms with E-state index in [0.29, 0.717) is 25.1 Å². The van der Waals surface area contributed by atoms with Crippen molar-refractivity contribution in [2.24, 2.45) is 0 Å². The first-order valence-electron chi connectivity index (χ1n) is 7.10. The maximum absolute atomic E-state index is 12.0. The second kappa shape index (κ2) is 8.89. The molecule has 0 saturated heterocycles. The lowest BCUT2D eigenvalue weighted by molar-refractivity contribution is -0.121. The minimum absolute atomic E-state index is 0.0125. The first-order valence-corrected chi connectivity index (χ1v) is 7.10. The zero-order chi connectivity index (χ0) is 15.7. The molecule has 1 rings (SSSR count). The summed E-state index contributed by atoms with van der Waals surface area (Å²) >= 11 is 0. The van der Waals surface area contributed by atoms with Crippen LogP contribution >= 0.6 is 0 Å². The second-order valence-electron chi connectivity index (χ2n) is 4.92. The third-order valence-electron chi connectivity index (χ3n) is 3.07. The van der Waals surface area contributed by atoms with Gasteiger partial charge in [-0.3, -0.25) is 14.4 Å². The lowest BCUT2D eigenvalue weighted by Gasteiger charge is -2.06. The normalized spacial score (nSPS) is 10.0. The molecule has 1 aromatic rings. The molecule has 0 aliphatic carbocycles. The molecule has 0 aliphatic heterocycles. The number of rotatable bonds is 8. The average molecular weight is 290 g/mol. The van der Waals surface area contributed by atoms with Gasteiger partial charge in [0.25, 0.3) is 0 Å². The Morgan fingerprint density at radius 1 is 1.00 bits per heavy atom. The van der Waals surface area contributed by atoms with Crippen molar-refractivity contribution in [3.05, 3.63) is 35.4 Å². The van der Waals surface area contributed by atoms with Crippen molar-refractivity contribution in [1.29, 1.82) is 0 Å². The minimum atomic E-state index is -0.139. The van der Waals surface area contributed by atoms with Gasteiger partial charge in [-0.1, -0.05) is 24.3 Å². The molecule has 0 aromatic heterocycles. The van der Waals surface area contributed by atoms with Crippen molar-refractivity contribution in [3.8, 4) is 0 Å². The summed E-state index contributed by atoms with van der Waals surface area (Å²) in [6.45, 7) is 4.38. The first kappa shape index (κ1) is 16.9. The molecule has 0 heterocycles. The fraction of sp³-hybridized carbons (Fsp3) is 0.438. The molecular weight excluding hydrogens is 268 g/mol. The van der Waals surface area contributed by atoms with Crippen LogP contribution in [0.3, 0.4) is 0 Å². The van der Waals surface area contributed by atoms with E-state index >= 15 is 0 Å². The Morgan fingerprint density at radius 2 is 1.67 bits per heavy atom. The zero-order valence-electron chi connectivity index (χ0n) is 12.6. The van der Waals surface area contributed by atoms with Crippen molar-refractivity contribution in [2.45, 2.75) is 33.1 Å². The van der Waals surface area contributed by atoms with E-state index in [1.54, 1.807) is 6.07 Å². The molecule has 0 spiro atoms. The summed E-state index contributed by atoms with van der Waals surface area (Å²) < 4.78 is 0. The lowest BCUT2D eigenvalue weighted by Crippen LogP contribution is -2.29. The number of aryl methyl sites for hydroxylation is 1. The SMILES string of the molecule is CC(=O)NCCCNC(=O)CCC(=O)c1ccccc1C. The van der Waals surface area contributed by atoms with Crippen LogP contribution < -0.4 is 10.6 Å². The van der Waals surface area contributed by atoms with Crippen molar-refractivity contribution < 1.29 is 14.4 Å². The highest BCUT2D eigenvalue weighted by molar-refractivity contribution is 5.99. The van der Waals surface area contributed by atoms with Gasteiger partial charge < -0.3 is 10.6 Å². The molecule has 0 fully saturated rings. The van der Waals surface area contributed by atoms with Gasteiger partial charge >= 0.3 is 0 Å². The maximum atomic E-state index is 12.0. The molecule has 5 heteroatoms. The number of benzene rings is 1. The third kappa shape index (κ3) is 6.70. The number of carbonyl (C=O) groups is 3. The molecule has 5 nitrogen and oxygen atoms in total. The van der Waals surface area contributed by atoms with E-state index < -0.39 is 0 Å². The number of carbonyl (C=O) groups excluding carboxylic acids is 3. The molecule has 2 N–H and O–H groups in total. The number of hydrogen-bond donors (Lipinski definition) is 2. The van der Waals surface area contributed by atoms with Crippen LogP contribution in [0.25, 0.3) is 0 Å². The van der Waals surface area contributed by atoms with Crippen LogP contribution in [-0.2, 0) is 9.59 Å². The number of hydrogen-bond acceptors (Lipinski definition) is 3. The van der Waals surface area contributed by atoms with Gasteiger partial charge in [-0.2, -0.15) is 0 Å². The van der Waals surface area contributed by atoms with E-state index in [0.717, 1.165) is 5.56 Å². The summed E-state index contributed by atoms with van der Waals surface area (Å²) in [4.78, 5) is 34.2. The highest BCUT2D eigenvalue weighted by atomic mass is 16.2. The van der Waals surface area contributed by atoms with Crippen LogP contribution in [0.5, 0.6) is 0 Å². The Bertz CT molecular complexity index is 512. The van der Waals surface area contributed by atoms with Crippen LogP contribution in [0, 0.1) is 6.92 Å². The van der Waals surface area contributed by atoms with E-state index in [1.807, 2.05) is 25.1 Å². The zero-order valence-corrected chi connectivity index (χ0v) is 12.6. The molecule has 0 radical (unpaired) electrons. The molecule has 0 bridgehead atoms. The summed E-state index contributed by atoms with van der Waals surface area (Å²) in [5.74, 6) is -0.230. The van der Waals surface area contributed by atoms with Gasteiger partial charge in [0, 0.05) is 38.4 Å². The fourth-order valence-electron chi connectivity index (χ4n) is 1.92. The van der Waals surface area contributed by atoms with Crippen molar-refractivity contribution >= 4 is 17.6 Å². The van der Waals surface area contributed by atoms with Gasteiger partial charge in [0.2, 0.25) is 11.8 Å². The molecule has 2 amide bonds. The van der Waals surface area contributed by atoms with Crippen LogP contribution in [0.4, 0.5) is 0 Å². The third-order valence-corrected chi connectivity index (χ3v) is 3.07. The van der Waals surface area contributed by atoms with Gasteiger partial charge in [0.15, 0.2) is 5.78 Å². The first-order chi connectivity index (χ1) is 10.0. The van der Waals surface area contributed by atoms with Gasteiger partial charge in [-0.15, -0.1) is 0 Å². The van der Waals surface area contributed by atoms with Crippen molar-refractivity contribution in [2.75, 3.05) is 13.1 Å². The molecule has 114 valence electrons. The monoisotopic (exact) mass is 290 g/mol. The van der Waals surface area contributed by atoms with E-state index in [-0.39, 0.29) is 30.4 Å². The van der Waals surface area contributed by atoms with Gasteiger partial charge in [-0.05, 0) is 18.9 Å². The minimum Gasteiger partial charge on any atom is -0.356 e. The van der Waals surface area contributed by atoms with Gasteiger partial charge in [-0.25, -0.2) is 0 Å². The lowest BCUT2D eigenvalue weighted by atomic mass is 10.0. The molecule has 1 aromatic carbocycles. The quantitative estimate of drug-likeness (QED) is 0.564. The molecule has 0 unspecified atom stereocenters. The highest BCUT2D eigenvalue weighted by Gasteiger charge is 2.10. The molecule has 21 heavy (non-hydrogen) atoms. The number of amides is 2. The molecular formula is C16H22N2O3. The van der Waals surface area contributed by atoms with E-state index in [2.05, 4.69) is 10.6 Å². The summed E-state index contributed by atoms with van der Waals surface area (Å²) in [5.41, 5.74) is 1.61. The van der Waals surface area contributed by atoms with E-state index in [4.69, 9.17) is 0 Å². The smallest absolute Gasteiger partial charge is 0.220 e. The predicted molar refractivity (Wildman–Crippen MR) is 81.1 cm³/mol. The van der Waals surface area contributed by atoms with E-state index in [9.17, 15) is 14.4 Å². The Kier molecular flexibility index (Phi) is 7.15. The van der Waals surface area contributed by atoms with Crippen LogP contribution in [0.2, 0.25) is 0 Å². The molecule has 0 aliphatic rings. The summed E-state index contributed by atoms with van der Waals surface area (Å²) in [6.07, 6.45) is 1.08. The number of nitrogens with one attached hydrogen (secondary N) is 2. The summed E-state index contributed by atoms with van der Waals surface area (Å²) in [7, 11) is 0. The Balaban J connectivity index is 2.22. The number of Topliss-reactive ketones (excluding diaryl/α,β-unsaturated/α-hetero) is 1. The van der Waals surface area contributed by atoms with Crippen molar-refractivity contribution in [1.82, 2.24) is 10.6 Å². The summed E-state index contributed by atoms with van der Waals surface area (Å²) in [5, 5.41) is 5.39. The average Bonchev–Trinajstić information content (AvgIpc) is 2.44. The van der Waals surface area contributed by atoms with Crippen LogP contribution in [0.15, 0.2) is 24.3 Å². The summed E-state index contributed by atoms with van der Waals surface area (Å²) in [6, 6.07) is 7.37. The topological polar surface area (TPSA) is 75.3 Å². The predicted octanol–water partition coefficient (Wildman–Crippen LogP) is 1.60. The Morgan fingerprint density at radius 3 is 2.33 bits per heavy atom. The van der Waals surface area contributed by atoms with E-state index in [1.165, 1.54) is 6.92 Å². The van der Waals surface area contributed by atoms with Crippen LogP contribution in [0.1, 0.15) is 42.1 Å². The maximum Gasteiger partial charge on any atom is 0.220 e. The largest absolute Gasteiger partial charge is 0.356 e. The van der Waals surface area contributed by atoms with Gasteiger partial charge in [0.1, 0.15) is 0 Å². The van der Waals surface area contributed by atoms with Crippen molar-refractivity contribution in [3.63, 3.8) is 0 Å². The number of ketones is 1.